The second-order valence-electron chi connectivity index (χ2n) is 8.42. The summed E-state index contributed by atoms with van der Waals surface area (Å²) in [5, 5.41) is 17.9. The van der Waals surface area contributed by atoms with Gasteiger partial charge in [0.1, 0.15) is 6.61 Å². The fraction of sp³-hybridized carbons (Fsp3) is 0.280. The van der Waals surface area contributed by atoms with Gasteiger partial charge in [-0.15, -0.1) is 0 Å². The van der Waals surface area contributed by atoms with E-state index in [0.717, 1.165) is 22.3 Å². The molecular formula is C25H23N3O7. The quantitative estimate of drug-likeness (QED) is 0.471. The van der Waals surface area contributed by atoms with Gasteiger partial charge in [0, 0.05) is 31.1 Å². The number of amides is 2. The smallest absolute Gasteiger partial charge is 0.414 e. The second kappa shape index (κ2) is 9.59. The Bertz CT molecular complexity index is 1230. The van der Waals surface area contributed by atoms with E-state index < -0.39 is 24.1 Å². The van der Waals surface area contributed by atoms with E-state index in [1.807, 2.05) is 36.4 Å². The maximum Gasteiger partial charge on any atom is 0.414 e. The topological polar surface area (TPSA) is 140 Å². The minimum Gasteiger partial charge on any atom is -0.479 e. The van der Waals surface area contributed by atoms with E-state index in [0.29, 0.717) is 13.0 Å². The summed E-state index contributed by atoms with van der Waals surface area (Å²) >= 11 is 0. The molecule has 0 saturated carbocycles. The Morgan fingerprint density at radius 1 is 1.06 bits per heavy atom. The van der Waals surface area contributed by atoms with Crippen molar-refractivity contribution in [3.63, 3.8) is 0 Å². The summed E-state index contributed by atoms with van der Waals surface area (Å²) in [6.45, 7) is 0.586. The van der Waals surface area contributed by atoms with E-state index >= 15 is 0 Å². The second-order valence-corrected chi connectivity index (χ2v) is 8.42. The number of ether oxygens (including phenoxy) is 2. The van der Waals surface area contributed by atoms with Crippen LogP contribution in [0.4, 0.5) is 10.7 Å². The highest BCUT2D eigenvalue weighted by Crippen LogP contribution is 2.44. The molecule has 0 bridgehead atoms. The van der Waals surface area contributed by atoms with Crippen molar-refractivity contribution < 1.29 is 33.5 Å². The van der Waals surface area contributed by atoms with Gasteiger partial charge in [-0.25, -0.2) is 9.59 Å². The molecule has 1 aliphatic heterocycles. The van der Waals surface area contributed by atoms with Gasteiger partial charge in [-0.2, -0.15) is 0 Å². The van der Waals surface area contributed by atoms with Crippen LogP contribution in [0.3, 0.4) is 0 Å². The first-order valence-corrected chi connectivity index (χ1v) is 11.2. The molecule has 3 aromatic rings. The van der Waals surface area contributed by atoms with E-state index in [2.05, 4.69) is 27.9 Å². The Balaban J connectivity index is 1.15. The molecule has 1 aliphatic carbocycles. The highest BCUT2D eigenvalue weighted by atomic mass is 16.6. The van der Waals surface area contributed by atoms with Crippen LogP contribution < -0.4 is 10.6 Å². The predicted molar refractivity (Wildman–Crippen MR) is 123 cm³/mol. The summed E-state index contributed by atoms with van der Waals surface area (Å²) in [6.07, 6.45) is -1.15. The third-order valence-electron chi connectivity index (χ3n) is 6.29. The number of anilines is 1. The third kappa shape index (κ3) is 4.60. The number of hydrogen-bond acceptors (Lipinski definition) is 7. The Morgan fingerprint density at radius 2 is 1.74 bits per heavy atom. The van der Waals surface area contributed by atoms with Crippen LogP contribution in [-0.4, -0.2) is 54.1 Å². The highest BCUT2D eigenvalue weighted by molar-refractivity contribution is 5.93. The lowest BCUT2D eigenvalue weighted by atomic mass is 9.98. The first kappa shape index (κ1) is 22.6. The minimum absolute atomic E-state index is 0.0417. The lowest BCUT2D eigenvalue weighted by molar-refractivity contribution is -0.149. The molecule has 2 aromatic carbocycles. The molecular weight excluding hydrogens is 454 g/mol. The predicted octanol–water partition coefficient (Wildman–Crippen LogP) is 3.26. The van der Waals surface area contributed by atoms with Crippen LogP contribution in [0.5, 0.6) is 0 Å². The van der Waals surface area contributed by atoms with Gasteiger partial charge in [0.2, 0.25) is 5.88 Å². The molecule has 0 spiro atoms. The van der Waals surface area contributed by atoms with Crippen molar-refractivity contribution in [2.75, 3.05) is 25.1 Å². The molecule has 0 unspecified atom stereocenters. The summed E-state index contributed by atoms with van der Waals surface area (Å²) in [7, 11) is 0. The molecule has 2 heterocycles. The number of aromatic nitrogens is 1. The van der Waals surface area contributed by atoms with Crippen molar-refractivity contribution in [3.8, 4) is 11.1 Å². The lowest BCUT2D eigenvalue weighted by Crippen LogP contribution is -2.36. The molecule has 3 N–H and O–H groups in total. The third-order valence-corrected chi connectivity index (χ3v) is 6.29. The number of benzene rings is 2. The van der Waals surface area contributed by atoms with E-state index in [4.69, 9.17) is 19.1 Å². The molecule has 5 rings (SSSR count). The molecule has 1 aromatic heterocycles. The molecule has 2 amide bonds. The number of hydrogen-bond donors (Lipinski definition) is 3. The molecule has 35 heavy (non-hydrogen) atoms. The van der Waals surface area contributed by atoms with Crippen LogP contribution in [0.1, 0.15) is 34.0 Å². The molecule has 180 valence electrons. The van der Waals surface area contributed by atoms with Crippen LogP contribution in [-0.2, 0) is 14.3 Å². The van der Waals surface area contributed by atoms with Crippen molar-refractivity contribution >= 4 is 23.9 Å². The Hall–Kier alpha value is -4.18. The number of carboxylic acids is 1. The summed E-state index contributed by atoms with van der Waals surface area (Å²) in [5.74, 6) is -2.07. The van der Waals surface area contributed by atoms with Crippen LogP contribution in [0.25, 0.3) is 11.1 Å². The zero-order chi connectivity index (χ0) is 24.4. The number of aliphatic carboxylic acids is 1. The van der Waals surface area contributed by atoms with Gasteiger partial charge in [0.05, 0.1) is 0 Å². The minimum atomic E-state index is -1.06. The van der Waals surface area contributed by atoms with Gasteiger partial charge >= 0.3 is 12.1 Å². The Kier molecular flexibility index (Phi) is 6.19. The molecule has 1 fully saturated rings. The van der Waals surface area contributed by atoms with Crippen molar-refractivity contribution in [1.29, 1.82) is 0 Å². The number of nitrogens with one attached hydrogen (secondary N) is 2. The summed E-state index contributed by atoms with van der Waals surface area (Å²) < 4.78 is 15.7. The summed E-state index contributed by atoms with van der Waals surface area (Å²) in [6, 6.07) is 17.3. The number of nitrogens with zero attached hydrogens (tertiary/aromatic N) is 1. The van der Waals surface area contributed by atoms with E-state index in [9.17, 15) is 14.4 Å². The van der Waals surface area contributed by atoms with Crippen LogP contribution in [0, 0.1) is 5.92 Å². The maximum absolute atomic E-state index is 12.4. The number of rotatable bonds is 7. The van der Waals surface area contributed by atoms with Gasteiger partial charge in [-0.3, -0.25) is 10.1 Å². The maximum atomic E-state index is 12.4. The SMILES string of the molecule is O=C(Nc1cc(C(=O)NC[C@@H]2CCO[C@@H]2C(=O)O)no1)OCC1c2ccccc2-c2ccccc21. The van der Waals surface area contributed by atoms with Gasteiger partial charge in [0.25, 0.3) is 5.91 Å². The van der Waals surface area contributed by atoms with Gasteiger partial charge in [0.15, 0.2) is 11.8 Å². The largest absolute Gasteiger partial charge is 0.479 e. The average Bonchev–Trinajstić information content (AvgIpc) is 3.59. The highest BCUT2D eigenvalue weighted by Gasteiger charge is 2.34. The fourth-order valence-electron chi connectivity index (χ4n) is 4.61. The monoisotopic (exact) mass is 477 g/mol. The van der Waals surface area contributed by atoms with E-state index in [-0.39, 0.29) is 36.6 Å². The van der Waals surface area contributed by atoms with Crippen molar-refractivity contribution in [1.82, 2.24) is 10.5 Å². The Morgan fingerprint density at radius 3 is 2.43 bits per heavy atom. The Labute approximate surface area is 200 Å². The molecule has 10 heteroatoms. The van der Waals surface area contributed by atoms with Gasteiger partial charge in [-0.1, -0.05) is 53.7 Å². The first-order valence-electron chi connectivity index (χ1n) is 11.2. The van der Waals surface area contributed by atoms with E-state index in [1.54, 1.807) is 0 Å². The summed E-state index contributed by atoms with van der Waals surface area (Å²) in [5.41, 5.74) is 4.39. The number of carbonyl (C=O) groups excluding carboxylic acids is 2. The molecule has 2 atom stereocenters. The van der Waals surface area contributed by atoms with E-state index in [1.165, 1.54) is 6.07 Å². The number of carboxylic acid groups (broad SMARTS) is 1. The number of fused-ring (bicyclic) bond motifs is 3. The van der Waals surface area contributed by atoms with Crippen molar-refractivity contribution in [2.45, 2.75) is 18.4 Å². The zero-order valence-corrected chi connectivity index (χ0v) is 18.6. The van der Waals surface area contributed by atoms with Crippen LogP contribution in [0.2, 0.25) is 0 Å². The summed E-state index contributed by atoms with van der Waals surface area (Å²) in [4.78, 5) is 35.9. The van der Waals surface area contributed by atoms with Gasteiger partial charge < -0.3 is 24.4 Å². The van der Waals surface area contributed by atoms with Crippen LogP contribution in [0.15, 0.2) is 59.1 Å². The van der Waals surface area contributed by atoms with Crippen molar-refractivity contribution in [2.24, 2.45) is 5.92 Å². The lowest BCUT2D eigenvalue weighted by Gasteiger charge is -2.14. The van der Waals surface area contributed by atoms with Crippen molar-refractivity contribution in [3.05, 3.63) is 71.4 Å². The zero-order valence-electron chi connectivity index (χ0n) is 18.6. The van der Waals surface area contributed by atoms with Gasteiger partial charge in [-0.05, 0) is 28.7 Å². The average molecular weight is 477 g/mol. The normalized spacial score (nSPS) is 18.5. The van der Waals surface area contributed by atoms with Crippen LogP contribution >= 0.6 is 0 Å². The molecule has 0 radical (unpaired) electrons. The fourth-order valence-corrected chi connectivity index (χ4v) is 4.61. The first-order chi connectivity index (χ1) is 17.0. The molecule has 2 aliphatic rings. The molecule has 1 saturated heterocycles. The standard InChI is InChI=1S/C25H23N3O7/c29-23(26-12-14-9-10-33-22(14)24(30)31)20-11-21(35-28-20)27-25(32)34-13-19-17-7-3-1-5-15(17)16-6-2-4-8-18(16)19/h1-8,11,14,19,22H,9-10,12-13H2,(H,26,29)(H,27,32)(H,30,31)/t14-,22-/m0/s1. The number of carbonyl (C=O) groups is 3. The molecule has 10 nitrogen and oxygen atoms in total.